The molecule has 3 aromatic rings. The number of fused-ring (bicyclic) bond motifs is 2. The van der Waals surface area contributed by atoms with Crippen LogP contribution in [0.1, 0.15) is 33.5 Å². The quantitative estimate of drug-likeness (QED) is 0.264. The first-order valence-corrected chi connectivity index (χ1v) is 15.0. The molecule has 49 heavy (non-hydrogen) atoms. The van der Waals surface area contributed by atoms with E-state index in [2.05, 4.69) is 5.32 Å². The third-order valence-corrected chi connectivity index (χ3v) is 7.35. The summed E-state index contributed by atoms with van der Waals surface area (Å²) in [5, 5.41) is 33.5. The van der Waals surface area contributed by atoms with Crippen LogP contribution in [0.5, 0.6) is 17.2 Å². The van der Waals surface area contributed by atoms with Gasteiger partial charge in [-0.1, -0.05) is 6.07 Å². The van der Waals surface area contributed by atoms with Gasteiger partial charge in [-0.25, -0.2) is 9.59 Å². The number of nitrogens with one attached hydrogen (secondary N) is 1. The molecule has 1 saturated heterocycles. The molecule has 266 valence electrons. The van der Waals surface area contributed by atoms with Gasteiger partial charge >= 0.3 is 18.2 Å². The Labute approximate surface area is 276 Å². The molecule has 0 unspecified atom stereocenters. The number of alkyl carbamates (subject to hydrolysis) is 1. The molecular formula is C32H34F3NO13. The monoisotopic (exact) mass is 697 g/mol. The zero-order valence-corrected chi connectivity index (χ0v) is 26.6. The number of ether oxygens (including phenoxy) is 6. The second-order valence-corrected chi connectivity index (χ2v) is 12.3. The van der Waals surface area contributed by atoms with Crippen LogP contribution in [0, 0.1) is 0 Å². The van der Waals surface area contributed by atoms with Crippen molar-refractivity contribution < 1.29 is 70.9 Å². The number of rotatable bonds is 7. The van der Waals surface area contributed by atoms with E-state index in [1.807, 2.05) is 0 Å². The highest BCUT2D eigenvalue weighted by atomic mass is 19.4. The Hall–Kier alpha value is -4.58. The van der Waals surface area contributed by atoms with Gasteiger partial charge in [0, 0.05) is 6.07 Å². The van der Waals surface area contributed by atoms with Gasteiger partial charge < -0.3 is 53.5 Å². The van der Waals surface area contributed by atoms with Crippen molar-refractivity contribution in [3.63, 3.8) is 0 Å². The molecule has 0 radical (unpaired) electrons. The van der Waals surface area contributed by atoms with E-state index in [-0.39, 0.29) is 35.7 Å². The summed E-state index contributed by atoms with van der Waals surface area (Å²) in [6.45, 7) is 5.97. The molecule has 0 bridgehead atoms. The fraction of sp³-hybridized carbons (Fsp3) is 0.469. The second-order valence-electron chi connectivity index (χ2n) is 12.3. The van der Waals surface area contributed by atoms with E-state index in [9.17, 15) is 42.9 Å². The molecule has 2 aromatic carbocycles. The summed E-state index contributed by atoms with van der Waals surface area (Å²) < 4.78 is 80.2. The van der Waals surface area contributed by atoms with Crippen LogP contribution in [-0.4, -0.2) is 89.6 Å². The standard InChI is InChI=1S/C32H34F3NO13/c1-14(36-30(42)49-31(2,3)4)28(41)45-13-21-24(38)25(39)26(40)29(48-21)46-16-6-7-17-19(12-16)47-27(32(33,34)35)22(23(17)37)15-5-8-18-20(11-15)44-10-9-43-18/h5-8,11-12,14,21,24-26,29,38-40H,9-10,13H2,1-4H3,(H,36,42)/t14-,21+,24-,25+,26+,29-/m1/s1. The van der Waals surface area contributed by atoms with Gasteiger partial charge in [0.25, 0.3) is 0 Å². The van der Waals surface area contributed by atoms with E-state index in [0.29, 0.717) is 5.75 Å². The number of carbonyl (C=O) groups is 2. The number of benzene rings is 2. The first-order valence-electron chi connectivity index (χ1n) is 15.0. The minimum Gasteiger partial charge on any atom is -0.486 e. The van der Waals surface area contributed by atoms with Gasteiger partial charge in [0.05, 0.1) is 10.9 Å². The van der Waals surface area contributed by atoms with Crippen LogP contribution in [0.25, 0.3) is 22.1 Å². The Morgan fingerprint density at radius 3 is 2.35 bits per heavy atom. The lowest BCUT2D eigenvalue weighted by atomic mass is 9.99. The van der Waals surface area contributed by atoms with Crippen molar-refractivity contribution in [2.24, 2.45) is 0 Å². The average Bonchev–Trinajstić information content (AvgIpc) is 3.02. The summed E-state index contributed by atoms with van der Waals surface area (Å²) in [5.41, 5.74) is -3.20. The molecule has 1 fully saturated rings. The maximum atomic E-state index is 14.2. The Kier molecular flexibility index (Phi) is 10.0. The predicted molar refractivity (Wildman–Crippen MR) is 161 cm³/mol. The summed E-state index contributed by atoms with van der Waals surface area (Å²) >= 11 is 0. The van der Waals surface area contributed by atoms with Crippen molar-refractivity contribution in [1.82, 2.24) is 5.32 Å². The number of aliphatic hydroxyl groups excluding tert-OH is 3. The van der Waals surface area contributed by atoms with E-state index in [4.69, 9.17) is 32.8 Å². The summed E-state index contributed by atoms with van der Waals surface area (Å²) in [5.74, 6) is -2.29. The van der Waals surface area contributed by atoms with Gasteiger partial charge in [-0.15, -0.1) is 0 Å². The molecule has 0 saturated carbocycles. The van der Waals surface area contributed by atoms with Crippen LogP contribution in [0.4, 0.5) is 18.0 Å². The van der Waals surface area contributed by atoms with Gasteiger partial charge in [0.1, 0.15) is 67.2 Å². The lowest BCUT2D eigenvalue weighted by Gasteiger charge is -2.40. The van der Waals surface area contributed by atoms with Crippen molar-refractivity contribution in [1.29, 1.82) is 0 Å². The van der Waals surface area contributed by atoms with Gasteiger partial charge in [0.2, 0.25) is 17.5 Å². The van der Waals surface area contributed by atoms with Crippen molar-refractivity contribution in [3.8, 4) is 28.4 Å². The van der Waals surface area contributed by atoms with Crippen molar-refractivity contribution in [3.05, 3.63) is 52.4 Å². The highest BCUT2D eigenvalue weighted by Crippen LogP contribution is 2.41. The average molecular weight is 698 g/mol. The number of carbonyl (C=O) groups excluding carboxylic acids is 2. The molecule has 1 aromatic heterocycles. The first kappa shape index (κ1) is 35.7. The number of hydrogen-bond acceptors (Lipinski definition) is 13. The molecule has 14 nitrogen and oxygen atoms in total. The summed E-state index contributed by atoms with van der Waals surface area (Å²) in [6.07, 6.45) is -14.7. The van der Waals surface area contributed by atoms with Crippen LogP contribution in [0.2, 0.25) is 0 Å². The molecule has 3 heterocycles. The normalized spacial score (nSPS) is 23.0. The largest absolute Gasteiger partial charge is 0.486 e. The van der Waals surface area contributed by atoms with E-state index in [1.165, 1.54) is 31.2 Å². The van der Waals surface area contributed by atoms with Crippen LogP contribution >= 0.6 is 0 Å². The Morgan fingerprint density at radius 2 is 1.67 bits per heavy atom. The summed E-state index contributed by atoms with van der Waals surface area (Å²) in [7, 11) is 0. The molecule has 0 spiro atoms. The zero-order chi connectivity index (χ0) is 35.8. The van der Waals surface area contributed by atoms with Gasteiger partial charge in [-0.2, -0.15) is 13.2 Å². The van der Waals surface area contributed by atoms with E-state index in [1.54, 1.807) is 20.8 Å². The number of amides is 1. The predicted octanol–water partition coefficient (Wildman–Crippen LogP) is 2.89. The number of esters is 1. The van der Waals surface area contributed by atoms with Crippen LogP contribution in [0.15, 0.2) is 45.6 Å². The molecule has 1 amide bonds. The van der Waals surface area contributed by atoms with Gasteiger partial charge in [-0.05, 0) is 57.5 Å². The smallest absolute Gasteiger partial charge is 0.450 e. The molecular weight excluding hydrogens is 663 g/mol. The number of alkyl halides is 3. The fourth-order valence-corrected chi connectivity index (χ4v) is 5.03. The van der Waals surface area contributed by atoms with E-state index < -0.39 is 89.5 Å². The summed E-state index contributed by atoms with van der Waals surface area (Å²) in [4.78, 5) is 37.9. The Morgan fingerprint density at radius 1 is 0.980 bits per heavy atom. The SMILES string of the molecule is C[C@@H](NC(=O)OC(C)(C)C)C(=O)OC[C@@H]1O[C@@H](Oc2ccc3c(=O)c(-c4ccc5c(c4)OCCO5)c(C(F)(F)F)oc3c2)[C@@H](O)[C@@H](O)[C@@H]1O. The Bertz CT molecular complexity index is 1770. The van der Waals surface area contributed by atoms with E-state index in [0.717, 1.165) is 12.1 Å². The minimum atomic E-state index is -5.10. The van der Waals surface area contributed by atoms with Crippen LogP contribution in [0.3, 0.4) is 0 Å². The van der Waals surface area contributed by atoms with Crippen LogP contribution in [-0.2, 0) is 25.2 Å². The first-order chi connectivity index (χ1) is 22.9. The highest BCUT2D eigenvalue weighted by molar-refractivity contribution is 5.84. The van der Waals surface area contributed by atoms with Gasteiger partial charge in [-0.3, -0.25) is 4.79 Å². The van der Waals surface area contributed by atoms with Crippen molar-refractivity contribution in [2.45, 2.75) is 76.2 Å². The molecule has 17 heteroatoms. The molecule has 4 N–H and O–H groups in total. The number of hydrogen-bond donors (Lipinski definition) is 4. The van der Waals surface area contributed by atoms with E-state index >= 15 is 0 Å². The number of aliphatic hydroxyl groups is 3. The van der Waals surface area contributed by atoms with Gasteiger partial charge in [0.15, 0.2) is 11.5 Å². The lowest BCUT2D eigenvalue weighted by Crippen LogP contribution is -2.60. The topological polar surface area (TPSA) is 192 Å². The molecule has 2 aliphatic heterocycles. The fourth-order valence-electron chi connectivity index (χ4n) is 5.03. The zero-order valence-electron chi connectivity index (χ0n) is 26.6. The third kappa shape index (κ3) is 8.01. The molecule has 0 aliphatic carbocycles. The summed E-state index contributed by atoms with van der Waals surface area (Å²) in [6, 6.07) is 6.07. The molecule has 6 atom stereocenters. The minimum absolute atomic E-state index is 0.111. The van der Waals surface area contributed by atoms with Crippen molar-refractivity contribution >= 4 is 23.0 Å². The van der Waals surface area contributed by atoms with Crippen LogP contribution < -0.4 is 25.0 Å². The molecule has 2 aliphatic rings. The number of halogens is 3. The van der Waals surface area contributed by atoms with Crippen molar-refractivity contribution in [2.75, 3.05) is 19.8 Å². The second kappa shape index (κ2) is 13.7. The Balaban J connectivity index is 1.35. The third-order valence-electron chi connectivity index (χ3n) is 7.35. The highest BCUT2D eigenvalue weighted by Gasteiger charge is 2.46. The lowest BCUT2D eigenvalue weighted by molar-refractivity contribution is -0.278. The maximum absolute atomic E-state index is 14.2. The molecule has 5 rings (SSSR count). The maximum Gasteiger partial charge on any atom is 0.450 e.